The summed E-state index contributed by atoms with van der Waals surface area (Å²) in [6, 6.07) is 11.5. The van der Waals surface area contributed by atoms with E-state index >= 15 is 0 Å². The van der Waals surface area contributed by atoms with Crippen LogP contribution in [0, 0.1) is 6.92 Å². The zero-order chi connectivity index (χ0) is 19.8. The van der Waals surface area contributed by atoms with Gasteiger partial charge in [-0.05, 0) is 53.8 Å². The molecule has 2 rings (SSSR count). The first kappa shape index (κ1) is 20.4. The predicted molar refractivity (Wildman–Crippen MR) is 106 cm³/mol. The molecule has 27 heavy (non-hydrogen) atoms. The van der Waals surface area contributed by atoms with E-state index in [0.717, 1.165) is 23.0 Å². The Labute approximate surface area is 160 Å². The molecule has 0 aliphatic carbocycles. The van der Waals surface area contributed by atoms with Crippen molar-refractivity contribution in [1.29, 1.82) is 0 Å². The molecule has 0 aliphatic heterocycles. The highest BCUT2D eigenvalue weighted by Gasteiger charge is 2.09. The molecule has 0 aromatic heterocycles. The number of aliphatic carboxylic acids is 1. The van der Waals surface area contributed by atoms with Crippen LogP contribution in [0.5, 0.6) is 17.2 Å². The molecule has 2 aromatic carbocycles. The summed E-state index contributed by atoms with van der Waals surface area (Å²) >= 11 is 0. The Morgan fingerprint density at radius 2 is 1.74 bits per heavy atom. The molecular weight excluding hydrogens is 344 g/mol. The molecule has 0 radical (unpaired) electrons. The Morgan fingerprint density at radius 1 is 1.04 bits per heavy atom. The largest absolute Gasteiger partial charge is 0.493 e. The maximum atomic E-state index is 10.7. The first-order valence-corrected chi connectivity index (χ1v) is 8.86. The number of ether oxygens (including phenoxy) is 3. The lowest BCUT2D eigenvalue weighted by atomic mass is 10.0. The van der Waals surface area contributed by atoms with Crippen LogP contribution in [0.4, 0.5) is 0 Å². The number of hydrogen-bond acceptors (Lipinski definition) is 4. The molecule has 5 nitrogen and oxygen atoms in total. The van der Waals surface area contributed by atoms with Gasteiger partial charge in [0.1, 0.15) is 19.0 Å². The van der Waals surface area contributed by atoms with Gasteiger partial charge in [-0.25, -0.2) is 4.79 Å². The van der Waals surface area contributed by atoms with Crippen LogP contribution in [0.2, 0.25) is 0 Å². The van der Waals surface area contributed by atoms with Gasteiger partial charge in [-0.2, -0.15) is 0 Å². The van der Waals surface area contributed by atoms with Crippen LogP contribution in [0.1, 0.15) is 36.5 Å². The van der Waals surface area contributed by atoms with Crippen LogP contribution in [-0.2, 0) is 4.79 Å². The van der Waals surface area contributed by atoms with Gasteiger partial charge in [0.2, 0.25) is 0 Å². The molecule has 0 amide bonds. The minimum Gasteiger partial charge on any atom is -0.493 e. The van der Waals surface area contributed by atoms with E-state index in [4.69, 9.17) is 19.3 Å². The van der Waals surface area contributed by atoms with Gasteiger partial charge in [-0.15, -0.1) is 0 Å². The highest BCUT2D eigenvalue weighted by molar-refractivity contribution is 5.85. The fraction of sp³-hybridized carbons (Fsp3) is 0.318. The van der Waals surface area contributed by atoms with Gasteiger partial charge >= 0.3 is 5.97 Å². The summed E-state index contributed by atoms with van der Waals surface area (Å²) < 4.78 is 17.0. The number of methoxy groups -OCH3 is 1. The van der Waals surface area contributed by atoms with Crippen molar-refractivity contribution < 1.29 is 24.1 Å². The third kappa shape index (κ3) is 6.06. The third-order valence-electron chi connectivity index (χ3n) is 4.00. The first-order chi connectivity index (χ1) is 12.9. The zero-order valence-electron chi connectivity index (χ0n) is 16.2. The highest BCUT2D eigenvalue weighted by Crippen LogP contribution is 2.29. The van der Waals surface area contributed by atoms with Crippen molar-refractivity contribution in [2.24, 2.45) is 0 Å². The van der Waals surface area contributed by atoms with Gasteiger partial charge in [0.15, 0.2) is 11.5 Å². The van der Waals surface area contributed by atoms with E-state index in [9.17, 15) is 4.79 Å². The number of carboxylic acids is 1. The van der Waals surface area contributed by atoms with E-state index in [1.165, 1.54) is 11.6 Å². The molecule has 0 bridgehead atoms. The lowest BCUT2D eigenvalue weighted by molar-refractivity contribution is -0.131. The average molecular weight is 370 g/mol. The molecule has 0 unspecified atom stereocenters. The molecule has 0 spiro atoms. The summed E-state index contributed by atoms with van der Waals surface area (Å²) in [7, 11) is 1.56. The molecule has 2 aromatic rings. The van der Waals surface area contributed by atoms with Crippen molar-refractivity contribution in [2.45, 2.75) is 26.7 Å². The fourth-order valence-electron chi connectivity index (χ4n) is 2.62. The summed E-state index contributed by atoms with van der Waals surface area (Å²) in [6.07, 6.45) is 2.59. The average Bonchev–Trinajstić information content (AvgIpc) is 2.63. The maximum Gasteiger partial charge on any atom is 0.328 e. The van der Waals surface area contributed by atoms with Crippen LogP contribution in [-0.4, -0.2) is 31.4 Å². The quantitative estimate of drug-likeness (QED) is 0.513. The van der Waals surface area contributed by atoms with E-state index in [2.05, 4.69) is 26.0 Å². The fourth-order valence-corrected chi connectivity index (χ4v) is 2.62. The van der Waals surface area contributed by atoms with Gasteiger partial charge in [0.25, 0.3) is 0 Å². The second kappa shape index (κ2) is 9.67. The number of benzene rings is 2. The molecule has 1 N–H and O–H groups in total. The summed E-state index contributed by atoms with van der Waals surface area (Å²) in [6.45, 7) is 7.04. The Morgan fingerprint density at radius 3 is 2.37 bits per heavy atom. The molecule has 0 fully saturated rings. The van der Waals surface area contributed by atoms with E-state index in [-0.39, 0.29) is 0 Å². The molecule has 144 valence electrons. The van der Waals surface area contributed by atoms with Crippen LogP contribution < -0.4 is 14.2 Å². The Bertz CT molecular complexity index is 808. The van der Waals surface area contributed by atoms with Gasteiger partial charge < -0.3 is 19.3 Å². The van der Waals surface area contributed by atoms with E-state index in [1.807, 2.05) is 13.0 Å². The molecular formula is C22H26O5. The van der Waals surface area contributed by atoms with Gasteiger partial charge in [0.05, 0.1) is 7.11 Å². The molecule has 0 aliphatic rings. The number of carbonyl (C=O) groups is 1. The molecule has 0 saturated carbocycles. The summed E-state index contributed by atoms with van der Waals surface area (Å²) in [5, 5.41) is 8.75. The van der Waals surface area contributed by atoms with Crippen LogP contribution >= 0.6 is 0 Å². The van der Waals surface area contributed by atoms with E-state index in [0.29, 0.717) is 30.6 Å². The third-order valence-corrected chi connectivity index (χ3v) is 4.00. The van der Waals surface area contributed by atoms with Crippen molar-refractivity contribution in [2.75, 3.05) is 20.3 Å². The normalized spacial score (nSPS) is 11.0. The van der Waals surface area contributed by atoms with Crippen LogP contribution in [0.25, 0.3) is 6.08 Å². The molecule has 0 saturated heterocycles. The lowest BCUT2D eigenvalue weighted by Crippen LogP contribution is -2.11. The van der Waals surface area contributed by atoms with Crippen LogP contribution in [0.15, 0.2) is 42.5 Å². The Kier molecular flexibility index (Phi) is 7.29. The summed E-state index contributed by atoms with van der Waals surface area (Å²) in [5.74, 6) is 1.38. The minimum absolute atomic E-state index is 0.341. The molecule has 5 heteroatoms. The van der Waals surface area contributed by atoms with E-state index in [1.54, 1.807) is 25.3 Å². The standard InChI is InChI=1S/C22H26O5/c1-15(2)18-8-5-16(3)13-20(18)26-11-12-27-21-14-17(7-10-22(23)24)6-9-19(21)25-4/h5-10,13-15H,11-12H2,1-4H3,(H,23,24). The number of aryl methyl sites for hydroxylation is 1. The molecule has 0 heterocycles. The Hall–Kier alpha value is -2.95. The maximum absolute atomic E-state index is 10.7. The van der Waals surface area contributed by atoms with Crippen molar-refractivity contribution in [3.05, 3.63) is 59.2 Å². The lowest BCUT2D eigenvalue weighted by Gasteiger charge is -2.16. The number of rotatable bonds is 9. The topological polar surface area (TPSA) is 65.0 Å². The van der Waals surface area contributed by atoms with Gasteiger partial charge in [0, 0.05) is 6.08 Å². The van der Waals surface area contributed by atoms with E-state index < -0.39 is 5.97 Å². The number of hydrogen-bond donors (Lipinski definition) is 1. The van der Waals surface area contributed by atoms with Crippen LogP contribution in [0.3, 0.4) is 0 Å². The zero-order valence-corrected chi connectivity index (χ0v) is 16.2. The van der Waals surface area contributed by atoms with Gasteiger partial charge in [-0.1, -0.05) is 32.0 Å². The predicted octanol–water partition coefficient (Wildman–Crippen LogP) is 4.68. The van der Waals surface area contributed by atoms with Crippen molar-refractivity contribution in [3.8, 4) is 17.2 Å². The van der Waals surface area contributed by atoms with Crippen molar-refractivity contribution in [1.82, 2.24) is 0 Å². The van der Waals surface area contributed by atoms with Crippen molar-refractivity contribution >= 4 is 12.0 Å². The number of carboxylic acid groups (broad SMARTS) is 1. The second-order valence-corrected chi connectivity index (χ2v) is 6.47. The SMILES string of the molecule is COc1ccc(C=CC(=O)O)cc1OCCOc1cc(C)ccc1C(C)C. The Balaban J connectivity index is 2.02. The summed E-state index contributed by atoms with van der Waals surface area (Å²) in [4.78, 5) is 10.7. The highest BCUT2D eigenvalue weighted by atomic mass is 16.5. The second-order valence-electron chi connectivity index (χ2n) is 6.47. The minimum atomic E-state index is -0.999. The summed E-state index contributed by atoms with van der Waals surface area (Å²) in [5.41, 5.74) is 3.03. The first-order valence-electron chi connectivity index (χ1n) is 8.86. The van der Waals surface area contributed by atoms with Gasteiger partial charge in [-0.3, -0.25) is 0 Å². The van der Waals surface area contributed by atoms with Crippen molar-refractivity contribution in [3.63, 3.8) is 0 Å². The smallest absolute Gasteiger partial charge is 0.328 e. The monoisotopic (exact) mass is 370 g/mol. The molecule has 0 atom stereocenters.